The van der Waals surface area contributed by atoms with E-state index >= 15 is 0 Å². The third-order valence-electron chi connectivity index (χ3n) is 8.86. The molecule has 0 fully saturated rings. The maximum absolute atomic E-state index is 13.2. The quantitative estimate of drug-likeness (QED) is 0.222. The Morgan fingerprint density at radius 2 is 1.87 bits per heavy atom. The van der Waals surface area contributed by atoms with Gasteiger partial charge in [0.1, 0.15) is 29.1 Å². The molecule has 1 aromatic heterocycles. The summed E-state index contributed by atoms with van der Waals surface area (Å²) in [5.74, 6) is 0.0596. The molecule has 1 aliphatic carbocycles. The third kappa shape index (κ3) is 5.05. The van der Waals surface area contributed by atoms with Gasteiger partial charge in [0.25, 0.3) is 22.7 Å². The largest absolute Gasteiger partial charge is 0.394 e. The molecule has 13 nitrogen and oxygen atoms in total. The highest BCUT2D eigenvalue weighted by molar-refractivity contribution is 6.01. The summed E-state index contributed by atoms with van der Waals surface area (Å²) < 4.78 is 0. The maximum Gasteiger partial charge on any atom is 0.270 e. The molecule has 13 heteroatoms. The summed E-state index contributed by atoms with van der Waals surface area (Å²) in [7, 11) is 0. The van der Waals surface area contributed by atoms with E-state index in [-0.39, 0.29) is 35.3 Å². The molecule has 0 saturated carbocycles. The molecule has 0 unspecified atom stereocenters. The zero-order valence-corrected chi connectivity index (χ0v) is 25.0. The van der Waals surface area contributed by atoms with Crippen molar-refractivity contribution in [1.29, 1.82) is 0 Å². The summed E-state index contributed by atoms with van der Waals surface area (Å²) in [5, 5.41) is 5.91. The molecule has 7 rings (SSSR count). The highest BCUT2D eigenvalue weighted by Crippen LogP contribution is 2.35. The predicted octanol–water partition coefficient (Wildman–Crippen LogP) is 1.63. The van der Waals surface area contributed by atoms with Crippen molar-refractivity contribution >= 4 is 29.0 Å². The molecule has 0 spiro atoms. The number of hydroxylamine groups is 1. The number of nitrogens with two attached hydrogens (primary N) is 1. The van der Waals surface area contributed by atoms with Crippen LogP contribution in [0.1, 0.15) is 72.4 Å². The van der Waals surface area contributed by atoms with Gasteiger partial charge in [-0.05, 0) is 66.1 Å². The Labute approximate surface area is 262 Å². The molecule has 4 aromatic rings. The number of amides is 2. The van der Waals surface area contributed by atoms with Crippen molar-refractivity contribution < 1.29 is 14.4 Å². The molecule has 3 aromatic carbocycles. The number of rotatable bonds is 7. The van der Waals surface area contributed by atoms with E-state index < -0.39 is 22.7 Å². The minimum atomic E-state index is -0.632. The van der Waals surface area contributed by atoms with E-state index in [1.54, 1.807) is 0 Å². The first kappa shape index (κ1) is 28.9. The van der Waals surface area contributed by atoms with E-state index in [1.165, 1.54) is 12.4 Å². The number of amidine groups is 1. The number of carbonyl (C=O) groups excluding carboxylic acids is 2. The topological polar surface area (TPSA) is 181 Å². The smallest absolute Gasteiger partial charge is 0.270 e. The van der Waals surface area contributed by atoms with Crippen molar-refractivity contribution in [2.24, 2.45) is 4.99 Å². The van der Waals surface area contributed by atoms with Crippen molar-refractivity contribution in [1.82, 2.24) is 26.1 Å². The van der Waals surface area contributed by atoms with Gasteiger partial charge in [-0.1, -0.05) is 30.3 Å². The number of nitrogens with one attached hydrogen (secondary N) is 3. The lowest BCUT2D eigenvalue weighted by molar-refractivity contribution is 0.0931. The minimum Gasteiger partial charge on any atom is -0.394 e. The fourth-order valence-electron chi connectivity index (χ4n) is 6.41. The lowest BCUT2D eigenvalue weighted by atomic mass is 9.96. The number of carbonyl (C=O) groups is 2. The molecule has 2 amide bonds. The highest BCUT2D eigenvalue weighted by Gasteiger charge is 2.29. The number of aliphatic imine (C=N–C) groups is 1. The Balaban J connectivity index is 0.990. The molecule has 2 aliphatic heterocycles. The lowest BCUT2D eigenvalue weighted by Crippen LogP contribution is -2.44. The average Bonchev–Trinajstić information content (AvgIpc) is 3.69. The second-order valence-electron chi connectivity index (χ2n) is 11.6. The predicted molar refractivity (Wildman–Crippen MR) is 170 cm³/mol. The highest BCUT2D eigenvalue weighted by atomic mass is 16.7. The number of fused-ring (bicyclic) bond motifs is 2. The van der Waals surface area contributed by atoms with Gasteiger partial charge < -0.3 is 26.1 Å². The number of hydrogen-bond acceptors (Lipinski definition) is 11. The Hall–Kier alpha value is -5.85. The summed E-state index contributed by atoms with van der Waals surface area (Å²) in [6.07, 6.45) is 3.43. The van der Waals surface area contributed by atoms with Gasteiger partial charge in [-0.15, -0.1) is 0 Å². The molecular formula is C33H30N8O5. The van der Waals surface area contributed by atoms with Crippen LogP contribution in [-0.2, 0) is 30.8 Å². The van der Waals surface area contributed by atoms with Crippen LogP contribution in [0, 0.1) is 6.92 Å². The maximum atomic E-state index is 13.2. The van der Waals surface area contributed by atoms with E-state index in [2.05, 4.69) is 37.7 Å². The van der Waals surface area contributed by atoms with Crippen LogP contribution >= 0.6 is 0 Å². The van der Waals surface area contributed by atoms with Gasteiger partial charge in [0, 0.05) is 31.3 Å². The summed E-state index contributed by atoms with van der Waals surface area (Å²) in [6, 6.07) is 11.0. The average molecular weight is 619 g/mol. The Bertz CT molecular complexity index is 2060. The first-order chi connectivity index (χ1) is 22.2. The first-order valence-corrected chi connectivity index (χ1v) is 14.9. The van der Waals surface area contributed by atoms with Crippen molar-refractivity contribution in [2.45, 2.75) is 45.3 Å². The SMILES string of the molecule is C=C1N=C(c2ccc3c(c2C)CC[C@@H]3NC(=O)c2cc(C(=O)NCc3ccc4c(c3)CN(c3c(N)c(=O)c3=O)CC4)ncn2)NO1. The molecular weight excluding hydrogens is 588 g/mol. The molecule has 46 heavy (non-hydrogen) atoms. The second-order valence-corrected chi connectivity index (χ2v) is 11.6. The molecule has 5 N–H and O–H groups in total. The minimum absolute atomic E-state index is 0.0164. The fraction of sp³-hybridized carbons (Fsp3) is 0.242. The molecule has 1 atom stereocenters. The molecule has 0 bridgehead atoms. The van der Waals surface area contributed by atoms with Crippen molar-refractivity contribution in [2.75, 3.05) is 17.2 Å². The normalized spacial score (nSPS) is 16.7. The van der Waals surface area contributed by atoms with Crippen LogP contribution in [0.2, 0.25) is 0 Å². The molecule has 232 valence electrons. The summed E-state index contributed by atoms with van der Waals surface area (Å²) in [5.41, 5.74) is 15.0. The summed E-state index contributed by atoms with van der Waals surface area (Å²) >= 11 is 0. The summed E-state index contributed by atoms with van der Waals surface area (Å²) in [4.78, 5) is 69.3. The van der Waals surface area contributed by atoms with Crippen LogP contribution in [0.25, 0.3) is 0 Å². The molecule has 3 aliphatic rings. The van der Waals surface area contributed by atoms with Crippen LogP contribution in [0.15, 0.2) is 69.8 Å². The van der Waals surface area contributed by atoms with E-state index in [9.17, 15) is 19.2 Å². The van der Waals surface area contributed by atoms with Crippen molar-refractivity contribution in [3.8, 4) is 0 Å². The molecule has 3 heterocycles. The number of hydrogen-bond donors (Lipinski definition) is 4. The van der Waals surface area contributed by atoms with Gasteiger partial charge in [-0.3, -0.25) is 19.2 Å². The Morgan fingerprint density at radius 1 is 1.07 bits per heavy atom. The van der Waals surface area contributed by atoms with Crippen molar-refractivity contribution in [3.05, 3.63) is 126 Å². The number of aromatic nitrogens is 2. The van der Waals surface area contributed by atoms with E-state index in [4.69, 9.17) is 10.6 Å². The van der Waals surface area contributed by atoms with E-state index in [0.717, 1.165) is 51.8 Å². The van der Waals surface area contributed by atoms with Gasteiger partial charge in [-0.25, -0.2) is 15.4 Å². The van der Waals surface area contributed by atoms with Gasteiger partial charge in [0.05, 0.1) is 6.04 Å². The number of nitrogen functional groups attached to an aromatic ring is 1. The third-order valence-corrected chi connectivity index (χ3v) is 8.86. The van der Waals surface area contributed by atoms with Crippen LogP contribution < -0.4 is 37.6 Å². The zero-order chi connectivity index (χ0) is 32.1. The van der Waals surface area contributed by atoms with Gasteiger partial charge >= 0.3 is 0 Å². The van der Waals surface area contributed by atoms with Crippen LogP contribution in [0.3, 0.4) is 0 Å². The number of nitrogens with zero attached hydrogens (tertiary/aromatic N) is 4. The molecule has 0 radical (unpaired) electrons. The fourth-order valence-corrected chi connectivity index (χ4v) is 6.41. The van der Waals surface area contributed by atoms with E-state index in [0.29, 0.717) is 31.2 Å². The molecule has 0 saturated heterocycles. The number of benzene rings is 2. The van der Waals surface area contributed by atoms with Crippen LogP contribution in [-0.4, -0.2) is 34.2 Å². The first-order valence-electron chi connectivity index (χ1n) is 14.9. The van der Waals surface area contributed by atoms with Crippen LogP contribution in [0.5, 0.6) is 0 Å². The van der Waals surface area contributed by atoms with Gasteiger partial charge in [0.15, 0.2) is 5.84 Å². The van der Waals surface area contributed by atoms with E-state index in [1.807, 2.05) is 42.2 Å². The lowest BCUT2D eigenvalue weighted by Gasteiger charge is -2.32. The Kier molecular flexibility index (Phi) is 7.07. The standard InChI is InChI=1S/C33H30N8O5/c1-16-21-7-8-24(23(21)6-5-22(16)31-38-17(2)46-40-31)39-33(45)26-12-25(36-15-37-26)32(44)35-13-18-3-4-19-9-10-41(14-20(19)11-18)28-27(34)29(42)30(28)43/h3-6,11-12,15,24H,2,7-10,13-14,34H2,1H3,(H,35,44)(H,38,40)(H,39,45)/t24-/m0/s1. The second kappa shape index (κ2) is 11.3. The Morgan fingerprint density at radius 3 is 2.63 bits per heavy atom. The number of anilines is 2. The van der Waals surface area contributed by atoms with Gasteiger partial charge in [0.2, 0.25) is 5.88 Å². The summed E-state index contributed by atoms with van der Waals surface area (Å²) in [6.45, 7) is 6.98. The monoisotopic (exact) mass is 618 g/mol. The zero-order valence-electron chi connectivity index (χ0n) is 25.0. The van der Waals surface area contributed by atoms with Crippen LogP contribution in [0.4, 0.5) is 11.4 Å². The van der Waals surface area contributed by atoms with Gasteiger partial charge in [-0.2, -0.15) is 4.99 Å². The van der Waals surface area contributed by atoms with Crippen molar-refractivity contribution in [3.63, 3.8) is 0 Å².